The zero-order valence-electron chi connectivity index (χ0n) is 12.5. The fourth-order valence-electron chi connectivity index (χ4n) is 2.46. The molecule has 0 amide bonds. The van der Waals surface area contributed by atoms with Crippen LogP contribution in [0.15, 0.2) is 65.7 Å². The molecule has 0 aliphatic carbocycles. The molecule has 0 aliphatic rings. The van der Waals surface area contributed by atoms with Gasteiger partial charge in [0, 0.05) is 36.6 Å². The van der Waals surface area contributed by atoms with Gasteiger partial charge in [-0.25, -0.2) is 0 Å². The molecule has 2 heterocycles. The summed E-state index contributed by atoms with van der Waals surface area (Å²) in [6, 6.07) is 13.9. The molecule has 0 unspecified atom stereocenters. The fourth-order valence-corrected chi connectivity index (χ4v) is 2.46. The Bertz CT molecular complexity index is 916. The molecule has 3 aromatic rings. The third-order valence-electron chi connectivity index (χ3n) is 3.68. The first-order chi connectivity index (χ1) is 11.1. The van der Waals surface area contributed by atoms with Gasteiger partial charge in [-0.15, -0.1) is 0 Å². The van der Waals surface area contributed by atoms with Crippen molar-refractivity contribution in [2.75, 3.05) is 0 Å². The van der Waals surface area contributed by atoms with Gasteiger partial charge in [-0.3, -0.25) is 15.2 Å². The lowest BCUT2D eigenvalue weighted by Gasteiger charge is -2.13. The van der Waals surface area contributed by atoms with E-state index in [1.165, 1.54) is 10.6 Å². The number of hydrogen-bond donors (Lipinski definition) is 2. The summed E-state index contributed by atoms with van der Waals surface area (Å²) in [7, 11) is 1.62. The Kier molecular flexibility index (Phi) is 3.76. The zero-order chi connectivity index (χ0) is 16.4. The van der Waals surface area contributed by atoms with Crippen molar-refractivity contribution in [3.8, 4) is 17.0 Å². The van der Waals surface area contributed by atoms with Crippen LogP contribution in [0.2, 0.25) is 0 Å². The lowest BCUT2D eigenvalue weighted by atomic mass is 10.0. The van der Waals surface area contributed by atoms with Gasteiger partial charge in [-0.05, 0) is 12.1 Å². The highest BCUT2D eigenvalue weighted by Gasteiger charge is 2.18. The van der Waals surface area contributed by atoms with E-state index in [1.807, 2.05) is 12.1 Å². The van der Waals surface area contributed by atoms with Crippen molar-refractivity contribution in [3.63, 3.8) is 0 Å². The van der Waals surface area contributed by atoms with Crippen molar-refractivity contribution in [2.24, 2.45) is 7.05 Å². The molecule has 114 valence electrons. The summed E-state index contributed by atoms with van der Waals surface area (Å²) < 4.78 is 1.42. The first-order valence-corrected chi connectivity index (χ1v) is 7.07. The number of nitrogens with zero attached hydrogens (tertiary/aromatic N) is 2. The Morgan fingerprint density at radius 2 is 1.91 bits per heavy atom. The van der Waals surface area contributed by atoms with Crippen molar-refractivity contribution in [1.82, 2.24) is 9.55 Å². The van der Waals surface area contributed by atoms with Crippen LogP contribution in [-0.4, -0.2) is 20.4 Å². The second-order valence-electron chi connectivity index (χ2n) is 5.14. The zero-order valence-corrected chi connectivity index (χ0v) is 12.5. The molecular weight excluding hydrogens is 290 g/mol. The lowest BCUT2D eigenvalue weighted by molar-refractivity contribution is 0.471. The molecule has 0 radical (unpaired) electrons. The predicted molar refractivity (Wildman–Crippen MR) is 89.0 cm³/mol. The van der Waals surface area contributed by atoms with Gasteiger partial charge >= 0.3 is 0 Å². The van der Waals surface area contributed by atoms with Gasteiger partial charge < -0.3 is 9.67 Å². The highest BCUT2D eigenvalue weighted by atomic mass is 16.3. The second-order valence-corrected chi connectivity index (χ2v) is 5.14. The molecule has 0 aliphatic heterocycles. The van der Waals surface area contributed by atoms with E-state index < -0.39 is 5.56 Å². The fraction of sp³-hybridized carbons (Fsp3) is 0.0556. The first kappa shape index (κ1) is 14.7. The van der Waals surface area contributed by atoms with E-state index in [0.29, 0.717) is 11.3 Å². The molecule has 0 bridgehead atoms. The van der Waals surface area contributed by atoms with Crippen LogP contribution in [0.3, 0.4) is 0 Å². The molecule has 3 rings (SSSR count). The predicted octanol–water partition coefficient (Wildman–Crippen LogP) is 2.57. The Morgan fingerprint density at radius 1 is 1.17 bits per heavy atom. The average Bonchev–Trinajstić information content (AvgIpc) is 2.59. The van der Waals surface area contributed by atoms with Gasteiger partial charge in [0.1, 0.15) is 11.3 Å². The number of hydrogen-bond acceptors (Lipinski definition) is 4. The summed E-state index contributed by atoms with van der Waals surface area (Å²) in [5, 5.41) is 18.6. The second kappa shape index (κ2) is 5.88. The van der Waals surface area contributed by atoms with E-state index in [0.717, 1.165) is 5.56 Å². The highest BCUT2D eigenvalue weighted by molar-refractivity contribution is 6.12. The van der Waals surface area contributed by atoms with Crippen molar-refractivity contribution < 1.29 is 5.11 Å². The molecule has 0 atom stereocenters. The van der Waals surface area contributed by atoms with Gasteiger partial charge in [0.15, 0.2) is 0 Å². The Morgan fingerprint density at radius 3 is 2.57 bits per heavy atom. The highest BCUT2D eigenvalue weighted by Crippen LogP contribution is 2.24. The van der Waals surface area contributed by atoms with Gasteiger partial charge in [-0.2, -0.15) is 0 Å². The summed E-state index contributed by atoms with van der Waals surface area (Å²) in [6.45, 7) is 0. The molecular formula is C18H15N3O2. The van der Waals surface area contributed by atoms with Crippen molar-refractivity contribution in [2.45, 2.75) is 0 Å². The number of nitrogens with one attached hydrogen (secondary N) is 1. The first-order valence-electron chi connectivity index (χ1n) is 7.07. The van der Waals surface area contributed by atoms with Crippen molar-refractivity contribution in [1.29, 1.82) is 5.41 Å². The van der Waals surface area contributed by atoms with Crippen LogP contribution >= 0.6 is 0 Å². The number of rotatable bonds is 3. The maximum atomic E-state index is 12.6. The maximum Gasteiger partial charge on any atom is 0.264 e. The molecule has 5 nitrogen and oxygen atoms in total. The molecule has 2 aromatic heterocycles. The topological polar surface area (TPSA) is 79.0 Å². The number of benzene rings is 1. The number of aromatic nitrogens is 2. The van der Waals surface area contributed by atoms with Crippen LogP contribution in [0.4, 0.5) is 0 Å². The molecule has 1 aromatic carbocycles. The minimum atomic E-state index is -0.419. The van der Waals surface area contributed by atoms with E-state index in [1.54, 1.807) is 49.8 Å². The molecule has 5 heteroatoms. The van der Waals surface area contributed by atoms with E-state index >= 15 is 0 Å². The van der Waals surface area contributed by atoms with Gasteiger partial charge in [0.05, 0.1) is 11.4 Å². The normalized spacial score (nSPS) is 10.5. The van der Waals surface area contributed by atoms with Crippen LogP contribution in [0, 0.1) is 5.41 Å². The van der Waals surface area contributed by atoms with Crippen molar-refractivity contribution in [3.05, 3.63) is 82.4 Å². The third-order valence-corrected chi connectivity index (χ3v) is 3.68. The minimum absolute atomic E-state index is 0.00133. The molecule has 0 saturated heterocycles. The summed E-state index contributed by atoms with van der Waals surface area (Å²) in [5.41, 5.74) is 1.42. The van der Waals surface area contributed by atoms with Crippen LogP contribution in [0.25, 0.3) is 11.3 Å². The SMILES string of the molecule is Cn1c(-c2cccnc2)cc(O)c(C(=N)c2ccccc2)c1=O. The third kappa shape index (κ3) is 2.64. The van der Waals surface area contributed by atoms with Gasteiger partial charge in [0.2, 0.25) is 0 Å². The maximum absolute atomic E-state index is 12.6. The largest absolute Gasteiger partial charge is 0.507 e. The minimum Gasteiger partial charge on any atom is -0.507 e. The van der Waals surface area contributed by atoms with Crippen LogP contribution < -0.4 is 5.56 Å². The molecule has 23 heavy (non-hydrogen) atoms. The van der Waals surface area contributed by atoms with Crippen LogP contribution in [-0.2, 0) is 7.05 Å². The summed E-state index contributed by atoms with van der Waals surface area (Å²) in [4.78, 5) is 16.7. The lowest BCUT2D eigenvalue weighted by Crippen LogP contribution is -2.26. The number of pyridine rings is 2. The number of aromatic hydroxyl groups is 1. The Hall–Kier alpha value is -3.21. The van der Waals surface area contributed by atoms with Crippen LogP contribution in [0.5, 0.6) is 5.75 Å². The van der Waals surface area contributed by atoms with E-state index in [9.17, 15) is 9.90 Å². The molecule has 0 fully saturated rings. The van der Waals surface area contributed by atoms with Gasteiger partial charge in [-0.1, -0.05) is 30.3 Å². The van der Waals surface area contributed by atoms with Gasteiger partial charge in [0.25, 0.3) is 5.56 Å². The van der Waals surface area contributed by atoms with E-state index in [4.69, 9.17) is 5.41 Å². The quantitative estimate of drug-likeness (QED) is 0.730. The molecule has 0 spiro atoms. The molecule has 0 saturated carbocycles. The van der Waals surface area contributed by atoms with Crippen LogP contribution in [0.1, 0.15) is 11.1 Å². The smallest absolute Gasteiger partial charge is 0.264 e. The summed E-state index contributed by atoms with van der Waals surface area (Å²) in [6.07, 6.45) is 3.26. The monoisotopic (exact) mass is 305 g/mol. The summed E-state index contributed by atoms with van der Waals surface area (Å²) in [5.74, 6) is -0.208. The van der Waals surface area contributed by atoms with Crippen molar-refractivity contribution >= 4 is 5.71 Å². The van der Waals surface area contributed by atoms with E-state index in [2.05, 4.69) is 4.98 Å². The van der Waals surface area contributed by atoms with E-state index in [-0.39, 0.29) is 17.0 Å². The average molecular weight is 305 g/mol. The summed E-state index contributed by atoms with van der Waals surface area (Å²) >= 11 is 0. The Balaban J connectivity index is 2.17. The Labute approximate surface area is 133 Å². The standard InChI is InChI=1S/C18H15N3O2/c1-21-14(13-8-5-9-20-11-13)10-15(22)16(18(21)23)17(19)12-6-3-2-4-7-12/h2-11,19,22H,1H3. The molecule has 2 N–H and O–H groups in total.